The van der Waals surface area contributed by atoms with E-state index in [-0.39, 0.29) is 0 Å². The first-order valence-corrected chi connectivity index (χ1v) is 12.0. The van der Waals surface area contributed by atoms with Crippen molar-refractivity contribution in [1.29, 1.82) is 0 Å². The molecule has 11 nitrogen and oxygen atoms in total. The standard InChI is InChI=1S/C26H29N7O4/c1-13-5-14(2)7-16(6-13)10-29-23-18-24(32-22(31-23)17-8-15(3)9-28-11-17)33(12-30-18)26-20(35)19(34)21(37-26)25(36)27-4/h5-9,11-12,19-21,26,34-35H,10H2,1-4H3,(H,27,36)(H,29,31,32)/t19-,20+,21-,26+/m0/s1. The van der Waals surface area contributed by atoms with Gasteiger partial charge in [-0.1, -0.05) is 29.3 Å². The number of aliphatic hydroxyl groups excluding tert-OH is 2. The molecule has 11 heteroatoms. The van der Waals surface area contributed by atoms with Gasteiger partial charge in [0.1, 0.15) is 12.2 Å². The van der Waals surface area contributed by atoms with Gasteiger partial charge in [-0.2, -0.15) is 0 Å². The fraction of sp³-hybridized carbons (Fsp3) is 0.346. The van der Waals surface area contributed by atoms with Crippen molar-refractivity contribution in [1.82, 2.24) is 29.8 Å². The van der Waals surface area contributed by atoms with Gasteiger partial charge in [-0.3, -0.25) is 14.3 Å². The zero-order chi connectivity index (χ0) is 26.3. The molecule has 0 aliphatic carbocycles. The Kier molecular flexibility index (Phi) is 6.59. The molecule has 1 amide bonds. The average Bonchev–Trinajstić information content (AvgIpc) is 3.42. The average molecular weight is 504 g/mol. The minimum atomic E-state index is -1.41. The highest BCUT2D eigenvalue weighted by Crippen LogP contribution is 2.33. The monoisotopic (exact) mass is 503 g/mol. The van der Waals surface area contributed by atoms with Crippen LogP contribution in [0.5, 0.6) is 0 Å². The number of anilines is 1. The summed E-state index contributed by atoms with van der Waals surface area (Å²) in [5.74, 6) is 0.370. The lowest BCUT2D eigenvalue weighted by Crippen LogP contribution is -2.41. The van der Waals surface area contributed by atoms with E-state index in [1.807, 2.05) is 13.0 Å². The molecule has 0 radical (unpaired) electrons. The Hall–Kier alpha value is -3.93. The van der Waals surface area contributed by atoms with E-state index in [0.29, 0.717) is 34.9 Å². The number of hydrogen-bond donors (Lipinski definition) is 4. The van der Waals surface area contributed by atoms with Gasteiger partial charge in [0.05, 0.1) is 6.33 Å². The van der Waals surface area contributed by atoms with Crippen molar-refractivity contribution in [3.8, 4) is 11.4 Å². The molecule has 0 spiro atoms. The summed E-state index contributed by atoms with van der Waals surface area (Å²) < 4.78 is 7.29. The lowest BCUT2D eigenvalue weighted by atomic mass is 10.1. The van der Waals surface area contributed by atoms with Crippen molar-refractivity contribution in [3.63, 3.8) is 0 Å². The van der Waals surface area contributed by atoms with Crippen molar-refractivity contribution in [2.75, 3.05) is 12.4 Å². The fourth-order valence-corrected chi connectivity index (χ4v) is 4.64. The van der Waals surface area contributed by atoms with Crippen LogP contribution in [-0.2, 0) is 16.1 Å². The van der Waals surface area contributed by atoms with Gasteiger partial charge in [0.15, 0.2) is 35.1 Å². The minimum Gasteiger partial charge on any atom is -0.387 e. The van der Waals surface area contributed by atoms with Crippen LogP contribution in [0.4, 0.5) is 5.82 Å². The molecule has 4 N–H and O–H groups in total. The number of rotatable bonds is 6. The third kappa shape index (κ3) is 4.76. The van der Waals surface area contributed by atoms with Crippen LogP contribution in [0, 0.1) is 20.8 Å². The number of benzene rings is 1. The normalized spacial score (nSPS) is 21.4. The maximum absolute atomic E-state index is 12.2. The van der Waals surface area contributed by atoms with Gasteiger partial charge in [0.25, 0.3) is 5.91 Å². The second-order valence-corrected chi connectivity index (χ2v) is 9.36. The molecule has 192 valence electrons. The van der Waals surface area contributed by atoms with Crippen molar-refractivity contribution in [3.05, 3.63) is 65.2 Å². The molecule has 1 fully saturated rings. The summed E-state index contributed by atoms with van der Waals surface area (Å²) in [7, 11) is 1.44. The summed E-state index contributed by atoms with van der Waals surface area (Å²) in [6.45, 7) is 6.54. The van der Waals surface area contributed by atoms with E-state index in [1.54, 1.807) is 12.4 Å². The number of likely N-dealkylation sites (N-methyl/N-ethyl adjacent to an activating group) is 1. The van der Waals surface area contributed by atoms with E-state index in [9.17, 15) is 15.0 Å². The highest BCUT2D eigenvalue weighted by molar-refractivity contribution is 5.85. The summed E-state index contributed by atoms with van der Waals surface area (Å²) >= 11 is 0. The molecule has 4 atom stereocenters. The molecular formula is C26H29N7O4. The first-order valence-electron chi connectivity index (χ1n) is 12.0. The lowest BCUT2D eigenvalue weighted by molar-refractivity contribution is -0.137. The molecule has 1 saturated heterocycles. The largest absolute Gasteiger partial charge is 0.387 e. The molecule has 1 aromatic carbocycles. The summed E-state index contributed by atoms with van der Waals surface area (Å²) in [5.41, 5.74) is 5.92. The van der Waals surface area contributed by atoms with Crippen molar-refractivity contribution >= 4 is 22.9 Å². The van der Waals surface area contributed by atoms with E-state index < -0.39 is 30.4 Å². The van der Waals surface area contributed by atoms with Crippen molar-refractivity contribution < 1.29 is 19.7 Å². The molecular weight excluding hydrogens is 474 g/mol. The zero-order valence-electron chi connectivity index (χ0n) is 21.0. The first kappa shape index (κ1) is 24.8. The molecule has 4 aromatic rings. The number of nitrogens with zero attached hydrogens (tertiary/aromatic N) is 5. The number of pyridine rings is 1. The smallest absolute Gasteiger partial charge is 0.251 e. The van der Waals surface area contributed by atoms with E-state index in [1.165, 1.54) is 17.9 Å². The van der Waals surface area contributed by atoms with Gasteiger partial charge in [0, 0.05) is 31.5 Å². The highest BCUT2D eigenvalue weighted by Gasteiger charge is 2.47. The van der Waals surface area contributed by atoms with Crippen molar-refractivity contribution in [2.24, 2.45) is 0 Å². The van der Waals surface area contributed by atoms with Crippen molar-refractivity contribution in [2.45, 2.75) is 51.9 Å². The van der Waals surface area contributed by atoms with Gasteiger partial charge < -0.3 is 25.6 Å². The number of ether oxygens (including phenoxy) is 1. The summed E-state index contributed by atoms with van der Waals surface area (Å²) in [5, 5.41) is 27.0. The predicted octanol–water partition coefficient (Wildman–Crippen LogP) is 1.79. The highest BCUT2D eigenvalue weighted by atomic mass is 16.6. The molecule has 37 heavy (non-hydrogen) atoms. The Morgan fingerprint density at radius 1 is 1.03 bits per heavy atom. The van der Waals surface area contributed by atoms with Crippen LogP contribution in [0.25, 0.3) is 22.6 Å². The van der Waals surface area contributed by atoms with Gasteiger partial charge in [-0.05, 0) is 38.0 Å². The number of fused-ring (bicyclic) bond motifs is 1. The Bertz CT molecular complexity index is 1450. The first-order chi connectivity index (χ1) is 17.7. The van der Waals surface area contributed by atoms with Crippen LogP contribution < -0.4 is 10.6 Å². The van der Waals surface area contributed by atoms with Crippen LogP contribution in [0.2, 0.25) is 0 Å². The topological polar surface area (TPSA) is 147 Å². The molecule has 3 aromatic heterocycles. The zero-order valence-corrected chi connectivity index (χ0v) is 21.0. The number of aryl methyl sites for hydroxylation is 3. The molecule has 1 aliphatic heterocycles. The van der Waals surface area contributed by atoms with Gasteiger partial charge >= 0.3 is 0 Å². The summed E-state index contributed by atoms with van der Waals surface area (Å²) in [6.07, 6.45) is -0.201. The SMILES string of the molecule is CNC(=O)[C@H]1O[C@@H](n2cnc3c(NCc4cc(C)cc(C)c4)nc(-c4cncc(C)c4)nc32)[C@H](O)[C@@H]1O. The lowest BCUT2D eigenvalue weighted by Gasteiger charge is -2.17. The maximum Gasteiger partial charge on any atom is 0.251 e. The van der Waals surface area contributed by atoms with Crippen LogP contribution in [0.3, 0.4) is 0 Å². The third-order valence-corrected chi connectivity index (χ3v) is 6.31. The number of aromatic nitrogens is 5. The summed E-state index contributed by atoms with van der Waals surface area (Å²) in [6, 6.07) is 8.25. The molecule has 5 rings (SSSR count). The Morgan fingerprint density at radius 3 is 2.49 bits per heavy atom. The molecule has 4 heterocycles. The number of hydrogen-bond acceptors (Lipinski definition) is 9. The molecule has 0 saturated carbocycles. The second kappa shape index (κ2) is 9.85. The van der Waals surface area contributed by atoms with Gasteiger partial charge in [-0.15, -0.1) is 0 Å². The fourth-order valence-electron chi connectivity index (χ4n) is 4.64. The molecule has 0 bridgehead atoms. The number of nitrogens with one attached hydrogen (secondary N) is 2. The number of carbonyl (C=O) groups excluding carboxylic acids is 1. The van der Waals surface area contributed by atoms with Gasteiger partial charge in [0.2, 0.25) is 0 Å². The third-order valence-electron chi connectivity index (χ3n) is 6.31. The number of carbonyl (C=O) groups is 1. The van der Waals surface area contributed by atoms with Gasteiger partial charge in [-0.25, -0.2) is 15.0 Å². The quantitative estimate of drug-likeness (QED) is 0.309. The number of amides is 1. The Labute approximate surface area is 213 Å². The molecule has 0 unspecified atom stereocenters. The van der Waals surface area contributed by atoms with E-state index in [4.69, 9.17) is 14.7 Å². The Morgan fingerprint density at radius 2 is 1.78 bits per heavy atom. The number of imidazole rings is 1. The molecule has 1 aliphatic rings. The summed E-state index contributed by atoms with van der Waals surface area (Å²) in [4.78, 5) is 30.4. The van der Waals surface area contributed by atoms with Crippen LogP contribution in [0.15, 0.2) is 43.0 Å². The van der Waals surface area contributed by atoms with E-state index in [0.717, 1.165) is 22.3 Å². The van der Waals surface area contributed by atoms with Crippen LogP contribution in [0.1, 0.15) is 28.5 Å². The van der Waals surface area contributed by atoms with Crippen LogP contribution in [-0.4, -0.2) is 66.0 Å². The second-order valence-electron chi connectivity index (χ2n) is 9.36. The van der Waals surface area contributed by atoms with E-state index in [2.05, 4.69) is 52.6 Å². The minimum absolute atomic E-state index is 0.378. The number of aliphatic hydroxyl groups is 2. The van der Waals surface area contributed by atoms with Crippen LogP contribution >= 0.6 is 0 Å². The maximum atomic E-state index is 12.2. The Balaban J connectivity index is 1.58. The predicted molar refractivity (Wildman–Crippen MR) is 137 cm³/mol. The van der Waals surface area contributed by atoms with E-state index >= 15 is 0 Å².